The second-order valence-electron chi connectivity index (χ2n) is 7.09. The molecule has 1 fully saturated rings. The smallest absolute Gasteiger partial charge is 0.259 e. The summed E-state index contributed by atoms with van der Waals surface area (Å²) < 4.78 is 0. The predicted octanol–water partition coefficient (Wildman–Crippen LogP) is 2.47. The van der Waals surface area contributed by atoms with Gasteiger partial charge in [-0.15, -0.1) is 11.3 Å². The van der Waals surface area contributed by atoms with E-state index in [1.807, 2.05) is 34.5 Å². The highest BCUT2D eigenvalue weighted by molar-refractivity contribution is 7.16. The molecule has 0 N–H and O–H groups in total. The lowest BCUT2D eigenvalue weighted by atomic mass is 10.1. The van der Waals surface area contributed by atoms with E-state index in [-0.39, 0.29) is 18.4 Å². The van der Waals surface area contributed by atoms with E-state index >= 15 is 0 Å². The number of anilines is 1. The van der Waals surface area contributed by atoms with Crippen molar-refractivity contribution in [3.05, 3.63) is 59.7 Å². The summed E-state index contributed by atoms with van der Waals surface area (Å²) in [6.07, 6.45) is 1.59. The zero-order chi connectivity index (χ0) is 20.0. The zero-order valence-corrected chi connectivity index (χ0v) is 16.6. The fraction of sp³-hybridized carbons (Fsp3) is 0.238. The lowest BCUT2D eigenvalue weighted by molar-refractivity contribution is -0.131. The van der Waals surface area contributed by atoms with E-state index in [0.717, 1.165) is 21.6 Å². The number of nitrogens with zero attached hydrogens (tertiary/aromatic N) is 5. The van der Waals surface area contributed by atoms with Crippen molar-refractivity contribution in [1.29, 1.82) is 0 Å². The number of thiophene rings is 1. The molecule has 1 saturated heterocycles. The minimum absolute atomic E-state index is 0.0224. The van der Waals surface area contributed by atoms with Crippen molar-refractivity contribution >= 4 is 44.9 Å². The van der Waals surface area contributed by atoms with Gasteiger partial charge in [0, 0.05) is 43.0 Å². The summed E-state index contributed by atoms with van der Waals surface area (Å²) in [6, 6.07) is 9.38. The molecule has 0 spiro atoms. The summed E-state index contributed by atoms with van der Waals surface area (Å²) in [4.78, 5) is 40.7. The number of amides is 2. The van der Waals surface area contributed by atoms with Crippen molar-refractivity contribution in [3.8, 4) is 0 Å². The van der Waals surface area contributed by atoms with Gasteiger partial charge in [0.25, 0.3) is 5.91 Å². The summed E-state index contributed by atoms with van der Waals surface area (Å²) in [5.74, 6) is 0.704. The molecule has 146 valence electrons. The lowest BCUT2D eigenvalue weighted by Crippen LogP contribution is -2.51. The fourth-order valence-corrected chi connectivity index (χ4v) is 4.66. The molecular formula is C21H19N5O2S. The van der Waals surface area contributed by atoms with Crippen LogP contribution in [0.2, 0.25) is 0 Å². The summed E-state index contributed by atoms with van der Waals surface area (Å²) >= 11 is 1.60. The molecule has 7 nitrogen and oxygen atoms in total. The molecule has 0 atom stereocenters. The lowest BCUT2D eigenvalue weighted by Gasteiger charge is -2.36. The van der Waals surface area contributed by atoms with Crippen molar-refractivity contribution < 1.29 is 9.59 Å². The number of piperazine rings is 1. The normalized spacial score (nSPS) is 16.6. The Hall–Kier alpha value is -3.26. The minimum atomic E-state index is -0.154. The van der Waals surface area contributed by atoms with Crippen LogP contribution < -0.4 is 4.90 Å². The first-order valence-corrected chi connectivity index (χ1v) is 10.3. The van der Waals surface area contributed by atoms with Gasteiger partial charge < -0.3 is 9.80 Å². The Kier molecular flexibility index (Phi) is 4.28. The highest BCUT2D eigenvalue weighted by Gasteiger charge is 2.33. The summed E-state index contributed by atoms with van der Waals surface area (Å²) in [7, 11) is 0. The number of benzene rings is 1. The second kappa shape index (κ2) is 6.97. The van der Waals surface area contributed by atoms with E-state index in [9.17, 15) is 9.59 Å². The fourth-order valence-electron chi connectivity index (χ4n) is 3.93. The van der Waals surface area contributed by atoms with Gasteiger partial charge in [-0.3, -0.25) is 14.5 Å². The third-order valence-electron chi connectivity index (χ3n) is 5.51. The number of hydrogen-bond acceptors (Lipinski definition) is 6. The van der Waals surface area contributed by atoms with Gasteiger partial charge in [0.1, 0.15) is 23.5 Å². The molecule has 0 saturated carbocycles. The molecule has 0 radical (unpaired) electrons. The van der Waals surface area contributed by atoms with Gasteiger partial charge in [-0.1, -0.05) is 24.8 Å². The van der Waals surface area contributed by atoms with Crippen LogP contribution in [0.5, 0.6) is 0 Å². The molecule has 2 aromatic heterocycles. The second-order valence-corrected chi connectivity index (χ2v) is 7.98. The summed E-state index contributed by atoms with van der Waals surface area (Å²) in [5, 5.41) is 3.06. The van der Waals surface area contributed by atoms with Crippen molar-refractivity contribution in [2.45, 2.75) is 0 Å². The molecule has 3 aromatic rings. The highest BCUT2D eigenvalue weighted by Crippen LogP contribution is 2.31. The van der Waals surface area contributed by atoms with Gasteiger partial charge in [-0.25, -0.2) is 9.97 Å². The maximum atomic E-state index is 12.9. The van der Waals surface area contributed by atoms with Crippen LogP contribution >= 0.6 is 11.3 Å². The van der Waals surface area contributed by atoms with Crippen molar-refractivity contribution in [1.82, 2.24) is 19.8 Å². The topological polar surface area (TPSA) is 69.6 Å². The molecule has 4 heterocycles. The first-order chi connectivity index (χ1) is 14.1. The maximum Gasteiger partial charge on any atom is 0.259 e. The molecule has 2 aliphatic rings. The van der Waals surface area contributed by atoms with Gasteiger partial charge in [-0.05, 0) is 17.5 Å². The van der Waals surface area contributed by atoms with Crippen molar-refractivity contribution in [2.75, 3.05) is 37.6 Å². The van der Waals surface area contributed by atoms with E-state index in [0.29, 0.717) is 37.4 Å². The van der Waals surface area contributed by atoms with Crippen LogP contribution in [0.15, 0.2) is 48.6 Å². The maximum absolute atomic E-state index is 12.9. The van der Waals surface area contributed by atoms with Gasteiger partial charge >= 0.3 is 0 Å². The number of rotatable bonds is 3. The SMILES string of the molecule is C=C1c2ccccc2C(=O)N1CC(=O)N1CCN(c2ncnc3sccc23)CC1. The molecule has 2 amide bonds. The van der Waals surface area contributed by atoms with Crippen LogP contribution in [-0.2, 0) is 4.79 Å². The van der Waals surface area contributed by atoms with Crippen LogP contribution in [0.1, 0.15) is 15.9 Å². The largest absolute Gasteiger partial charge is 0.352 e. The van der Waals surface area contributed by atoms with Gasteiger partial charge in [0.2, 0.25) is 5.91 Å². The molecular weight excluding hydrogens is 386 g/mol. The van der Waals surface area contributed by atoms with E-state index in [4.69, 9.17) is 0 Å². The van der Waals surface area contributed by atoms with Crippen LogP contribution in [-0.4, -0.2) is 64.3 Å². The number of aromatic nitrogens is 2. The molecule has 2 aliphatic heterocycles. The van der Waals surface area contributed by atoms with E-state index in [1.165, 1.54) is 4.90 Å². The average Bonchev–Trinajstić information content (AvgIpc) is 3.33. The third-order valence-corrected chi connectivity index (χ3v) is 6.33. The summed E-state index contributed by atoms with van der Waals surface area (Å²) in [5.41, 5.74) is 2.01. The van der Waals surface area contributed by atoms with Crippen LogP contribution in [0, 0.1) is 0 Å². The number of hydrogen-bond donors (Lipinski definition) is 0. The van der Waals surface area contributed by atoms with E-state index in [1.54, 1.807) is 23.7 Å². The Morgan fingerprint density at radius 2 is 1.83 bits per heavy atom. The predicted molar refractivity (Wildman–Crippen MR) is 113 cm³/mol. The molecule has 0 unspecified atom stereocenters. The first kappa shape index (κ1) is 17.8. The quantitative estimate of drug-likeness (QED) is 0.670. The van der Waals surface area contributed by atoms with E-state index in [2.05, 4.69) is 21.4 Å². The molecule has 5 rings (SSSR count). The van der Waals surface area contributed by atoms with Crippen LogP contribution in [0.3, 0.4) is 0 Å². The highest BCUT2D eigenvalue weighted by atomic mass is 32.1. The summed E-state index contributed by atoms with van der Waals surface area (Å²) in [6.45, 7) is 6.62. The molecule has 0 aliphatic carbocycles. The molecule has 1 aromatic carbocycles. The number of fused-ring (bicyclic) bond motifs is 2. The number of carbonyl (C=O) groups excluding carboxylic acids is 2. The van der Waals surface area contributed by atoms with Crippen LogP contribution in [0.4, 0.5) is 5.82 Å². The van der Waals surface area contributed by atoms with Crippen molar-refractivity contribution in [2.24, 2.45) is 0 Å². The Labute approximate surface area is 171 Å². The Balaban J connectivity index is 1.25. The zero-order valence-electron chi connectivity index (χ0n) is 15.7. The third kappa shape index (κ3) is 2.96. The monoisotopic (exact) mass is 405 g/mol. The number of carbonyl (C=O) groups is 2. The average molecular weight is 405 g/mol. The Morgan fingerprint density at radius 1 is 1.07 bits per heavy atom. The van der Waals surface area contributed by atoms with Crippen LogP contribution in [0.25, 0.3) is 15.9 Å². The minimum Gasteiger partial charge on any atom is -0.352 e. The molecule has 0 bridgehead atoms. The van der Waals surface area contributed by atoms with Gasteiger partial charge in [0.15, 0.2) is 0 Å². The molecule has 8 heteroatoms. The van der Waals surface area contributed by atoms with E-state index < -0.39 is 0 Å². The van der Waals surface area contributed by atoms with Gasteiger partial charge in [-0.2, -0.15) is 0 Å². The van der Waals surface area contributed by atoms with Crippen molar-refractivity contribution in [3.63, 3.8) is 0 Å². The standard InChI is InChI=1S/C21H19N5O2S/c1-14-15-4-2-3-5-16(15)21(28)26(14)12-18(27)24-7-9-25(10-8-24)19-17-6-11-29-20(17)23-13-22-19/h2-6,11,13H,1,7-10,12H2. The Morgan fingerprint density at radius 3 is 2.59 bits per heavy atom. The Bertz CT molecular complexity index is 1100. The van der Waals surface area contributed by atoms with Gasteiger partial charge in [0.05, 0.1) is 5.39 Å². The molecule has 29 heavy (non-hydrogen) atoms. The first-order valence-electron chi connectivity index (χ1n) is 9.44.